The number of carbonyl (C=O) groups is 2. The second-order valence-electron chi connectivity index (χ2n) is 5.21. The Labute approximate surface area is 140 Å². The summed E-state index contributed by atoms with van der Waals surface area (Å²) in [7, 11) is 0. The average molecular weight is 328 g/mol. The molecule has 120 valence electrons. The normalized spacial score (nSPS) is 11.8. The van der Waals surface area contributed by atoms with Gasteiger partial charge >= 0.3 is 0 Å². The van der Waals surface area contributed by atoms with Crippen LogP contribution in [0, 0.1) is 0 Å². The SMILES string of the molecule is CCC(=O)c1ccc(Sc2ccc(NC(=O)C(C)N)cc2)cc1. The van der Waals surface area contributed by atoms with E-state index in [4.69, 9.17) is 5.73 Å². The molecule has 4 nitrogen and oxygen atoms in total. The number of amides is 1. The average Bonchev–Trinajstić information content (AvgIpc) is 2.56. The molecule has 0 saturated carbocycles. The summed E-state index contributed by atoms with van der Waals surface area (Å²) in [6.45, 7) is 3.50. The number of anilines is 1. The zero-order valence-electron chi connectivity index (χ0n) is 13.2. The lowest BCUT2D eigenvalue weighted by molar-refractivity contribution is -0.117. The first-order chi connectivity index (χ1) is 11.0. The van der Waals surface area contributed by atoms with Crippen molar-refractivity contribution in [3.8, 4) is 0 Å². The highest BCUT2D eigenvalue weighted by atomic mass is 32.2. The van der Waals surface area contributed by atoms with Crippen LogP contribution < -0.4 is 11.1 Å². The number of benzene rings is 2. The molecule has 0 aliphatic heterocycles. The summed E-state index contributed by atoms with van der Waals surface area (Å²) in [5, 5.41) is 2.75. The van der Waals surface area contributed by atoms with Crippen LogP contribution in [-0.2, 0) is 4.79 Å². The second kappa shape index (κ2) is 7.94. The number of rotatable bonds is 6. The fourth-order valence-electron chi connectivity index (χ4n) is 1.91. The van der Waals surface area contributed by atoms with Gasteiger partial charge in [0, 0.05) is 27.5 Å². The van der Waals surface area contributed by atoms with E-state index in [1.807, 2.05) is 55.5 Å². The smallest absolute Gasteiger partial charge is 0.240 e. The molecule has 3 N–H and O–H groups in total. The van der Waals surface area contributed by atoms with Crippen molar-refractivity contribution in [2.45, 2.75) is 36.1 Å². The van der Waals surface area contributed by atoms with Crippen molar-refractivity contribution in [2.75, 3.05) is 5.32 Å². The molecule has 0 spiro atoms. The number of hydrogen-bond donors (Lipinski definition) is 2. The van der Waals surface area contributed by atoms with Crippen LogP contribution in [-0.4, -0.2) is 17.7 Å². The molecule has 0 radical (unpaired) electrons. The highest BCUT2D eigenvalue weighted by molar-refractivity contribution is 7.99. The number of ketones is 1. The first-order valence-electron chi connectivity index (χ1n) is 7.47. The van der Waals surface area contributed by atoms with E-state index in [2.05, 4.69) is 5.32 Å². The Kier molecular flexibility index (Phi) is 5.96. The quantitative estimate of drug-likeness (QED) is 0.793. The minimum Gasteiger partial charge on any atom is -0.325 e. The van der Waals surface area contributed by atoms with Crippen LogP contribution in [0.5, 0.6) is 0 Å². The third-order valence-electron chi connectivity index (χ3n) is 3.27. The van der Waals surface area contributed by atoms with Gasteiger partial charge in [0.05, 0.1) is 6.04 Å². The van der Waals surface area contributed by atoms with Gasteiger partial charge in [0.15, 0.2) is 5.78 Å². The van der Waals surface area contributed by atoms with Crippen LogP contribution >= 0.6 is 11.8 Å². The maximum Gasteiger partial charge on any atom is 0.240 e. The van der Waals surface area contributed by atoms with Crippen LogP contribution in [0.25, 0.3) is 0 Å². The van der Waals surface area contributed by atoms with E-state index in [9.17, 15) is 9.59 Å². The highest BCUT2D eigenvalue weighted by Crippen LogP contribution is 2.28. The summed E-state index contributed by atoms with van der Waals surface area (Å²) in [5.41, 5.74) is 6.98. The second-order valence-corrected chi connectivity index (χ2v) is 6.35. The molecular weight excluding hydrogens is 308 g/mol. The molecular formula is C18H20N2O2S. The van der Waals surface area contributed by atoms with Crippen molar-refractivity contribution in [3.05, 3.63) is 54.1 Å². The molecule has 0 aliphatic rings. The third kappa shape index (κ3) is 4.94. The Hall–Kier alpha value is -2.11. The number of hydrogen-bond acceptors (Lipinski definition) is 4. The molecule has 1 unspecified atom stereocenters. The molecule has 1 atom stereocenters. The lowest BCUT2D eigenvalue weighted by Crippen LogP contribution is -2.32. The van der Waals surface area contributed by atoms with E-state index < -0.39 is 6.04 Å². The van der Waals surface area contributed by atoms with Crippen molar-refractivity contribution in [2.24, 2.45) is 5.73 Å². The Balaban J connectivity index is 2.00. The molecule has 2 aromatic rings. The van der Waals surface area contributed by atoms with Gasteiger partial charge in [0.25, 0.3) is 0 Å². The van der Waals surface area contributed by atoms with Crippen LogP contribution in [0.15, 0.2) is 58.3 Å². The van der Waals surface area contributed by atoms with Crippen LogP contribution in [0.3, 0.4) is 0 Å². The summed E-state index contributed by atoms with van der Waals surface area (Å²) >= 11 is 1.60. The van der Waals surface area contributed by atoms with E-state index in [1.54, 1.807) is 18.7 Å². The van der Waals surface area contributed by atoms with E-state index in [1.165, 1.54) is 0 Å². The van der Waals surface area contributed by atoms with Gasteiger partial charge in [-0.15, -0.1) is 0 Å². The van der Waals surface area contributed by atoms with Gasteiger partial charge in [0.1, 0.15) is 0 Å². The number of Topliss-reactive ketones (excluding diaryl/α,β-unsaturated/α-hetero) is 1. The van der Waals surface area contributed by atoms with Gasteiger partial charge in [-0.25, -0.2) is 0 Å². The van der Waals surface area contributed by atoms with Crippen LogP contribution in [0.2, 0.25) is 0 Å². The lowest BCUT2D eigenvalue weighted by atomic mass is 10.1. The molecule has 0 fully saturated rings. The number of nitrogens with two attached hydrogens (primary N) is 1. The number of nitrogens with one attached hydrogen (secondary N) is 1. The van der Waals surface area contributed by atoms with E-state index in [-0.39, 0.29) is 11.7 Å². The van der Waals surface area contributed by atoms with Gasteiger partial charge in [-0.3, -0.25) is 9.59 Å². The van der Waals surface area contributed by atoms with Gasteiger partial charge in [0.2, 0.25) is 5.91 Å². The summed E-state index contributed by atoms with van der Waals surface area (Å²) < 4.78 is 0. The Morgan fingerprint density at radius 3 is 2.04 bits per heavy atom. The molecule has 0 saturated heterocycles. The molecule has 0 heterocycles. The largest absolute Gasteiger partial charge is 0.325 e. The first kappa shape index (κ1) is 17.2. The van der Waals surface area contributed by atoms with Gasteiger partial charge < -0.3 is 11.1 Å². The minimum absolute atomic E-state index is 0.149. The zero-order chi connectivity index (χ0) is 16.8. The minimum atomic E-state index is -0.534. The first-order valence-corrected chi connectivity index (χ1v) is 8.29. The maximum absolute atomic E-state index is 11.6. The monoisotopic (exact) mass is 328 g/mol. The molecule has 0 aliphatic carbocycles. The van der Waals surface area contributed by atoms with Crippen molar-refractivity contribution >= 4 is 29.1 Å². The standard InChI is InChI=1S/C18H20N2O2S/c1-3-17(21)13-4-8-15(9-5-13)23-16-10-6-14(7-11-16)20-18(22)12(2)19/h4-12H,3,19H2,1-2H3,(H,20,22). The zero-order valence-corrected chi connectivity index (χ0v) is 14.0. The molecule has 23 heavy (non-hydrogen) atoms. The van der Waals surface area contributed by atoms with Crippen LogP contribution in [0.4, 0.5) is 5.69 Å². The molecule has 1 amide bonds. The fourth-order valence-corrected chi connectivity index (χ4v) is 2.73. The Bertz CT molecular complexity index is 679. The predicted octanol–water partition coefficient (Wildman–Crippen LogP) is 3.72. The summed E-state index contributed by atoms with van der Waals surface area (Å²) in [6, 6.07) is 14.6. The maximum atomic E-state index is 11.6. The molecule has 2 aromatic carbocycles. The van der Waals surface area contributed by atoms with Gasteiger partial charge in [-0.1, -0.05) is 30.8 Å². The lowest BCUT2D eigenvalue weighted by Gasteiger charge is -2.08. The fraction of sp³-hybridized carbons (Fsp3) is 0.222. The molecule has 0 aromatic heterocycles. The summed E-state index contributed by atoms with van der Waals surface area (Å²) in [4.78, 5) is 25.3. The van der Waals surface area contributed by atoms with E-state index >= 15 is 0 Å². The highest BCUT2D eigenvalue weighted by Gasteiger charge is 2.07. The predicted molar refractivity (Wildman–Crippen MR) is 93.9 cm³/mol. The summed E-state index contributed by atoms with van der Waals surface area (Å²) in [5.74, 6) is -0.0580. The van der Waals surface area contributed by atoms with Gasteiger partial charge in [-0.05, 0) is 43.3 Å². The van der Waals surface area contributed by atoms with Crippen LogP contribution in [0.1, 0.15) is 30.6 Å². The van der Waals surface area contributed by atoms with Crippen molar-refractivity contribution in [1.29, 1.82) is 0 Å². The van der Waals surface area contributed by atoms with Gasteiger partial charge in [-0.2, -0.15) is 0 Å². The van der Waals surface area contributed by atoms with Crippen molar-refractivity contribution in [3.63, 3.8) is 0 Å². The van der Waals surface area contributed by atoms with E-state index in [0.29, 0.717) is 6.42 Å². The van der Waals surface area contributed by atoms with E-state index in [0.717, 1.165) is 21.0 Å². The Morgan fingerprint density at radius 2 is 1.57 bits per heavy atom. The molecule has 2 rings (SSSR count). The Morgan fingerprint density at radius 1 is 1.04 bits per heavy atom. The molecule has 5 heteroatoms. The molecule has 0 bridgehead atoms. The third-order valence-corrected chi connectivity index (χ3v) is 4.28. The summed E-state index contributed by atoms with van der Waals surface area (Å²) in [6.07, 6.45) is 0.515. The number of carbonyl (C=O) groups excluding carboxylic acids is 2. The van der Waals surface area contributed by atoms with Crippen molar-refractivity contribution in [1.82, 2.24) is 0 Å². The van der Waals surface area contributed by atoms with Crippen molar-refractivity contribution < 1.29 is 9.59 Å². The topological polar surface area (TPSA) is 72.2 Å².